The molecule has 3 fully saturated rings. The highest BCUT2D eigenvalue weighted by atomic mass is 16.5. The van der Waals surface area contributed by atoms with Gasteiger partial charge in [0.05, 0.1) is 18.5 Å². The fourth-order valence-electron chi connectivity index (χ4n) is 6.78. The van der Waals surface area contributed by atoms with Crippen LogP contribution in [-0.4, -0.2) is 115 Å². The molecule has 1 aromatic carbocycles. The molecule has 2 aromatic heterocycles. The van der Waals surface area contributed by atoms with Crippen molar-refractivity contribution >= 4 is 28.4 Å². The first-order chi connectivity index (χ1) is 20.4. The summed E-state index contributed by atoms with van der Waals surface area (Å²) in [6.45, 7) is 11.1. The molecular weight excluding hydrogens is 526 g/mol. The minimum atomic E-state index is 0.389. The molecule has 226 valence electrons. The predicted octanol–water partition coefficient (Wildman–Crippen LogP) is 3.57. The molecule has 10 nitrogen and oxygen atoms in total. The van der Waals surface area contributed by atoms with Crippen LogP contribution in [-0.2, 0) is 6.42 Å². The van der Waals surface area contributed by atoms with Crippen LogP contribution in [0.1, 0.15) is 38.3 Å². The van der Waals surface area contributed by atoms with E-state index in [4.69, 9.17) is 20.4 Å². The Morgan fingerprint density at radius 3 is 2.31 bits per heavy atom. The summed E-state index contributed by atoms with van der Waals surface area (Å²) in [4.78, 5) is 24.6. The van der Waals surface area contributed by atoms with Crippen LogP contribution in [0.25, 0.3) is 22.2 Å². The van der Waals surface area contributed by atoms with Crippen LogP contribution < -0.4 is 20.7 Å². The van der Waals surface area contributed by atoms with Crippen molar-refractivity contribution in [2.75, 3.05) is 89.5 Å². The number of likely N-dealkylation sites (N-methyl/N-ethyl adjacent to an activating group) is 1. The van der Waals surface area contributed by atoms with Gasteiger partial charge in [-0.2, -0.15) is 0 Å². The Morgan fingerprint density at radius 2 is 1.62 bits per heavy atom. The van der Waals surface area contributed by atoms with Gasteiger partial charge in [0.2, 0.25) is 0 Å². The molecule has 0 amide bonds. The van der Waals surface area contributed by atoms with Crippen molar-refractivity contribution in [1.82, 2.24) is 29.7 Å². The number of hydrogen-bond acceptors (Lipinski definition) is 10. The number of nitrogens with zero attached hydrogens (tertiary/aromatic N) is 7. The monoisotopic (exact) mass is 573 g/mol. The Kier molecular flexibility index (Phi) is 8.65. The number of anilines is 3. The van der Waals surface area contributed by atoms with E-state index in [1.165, 1.54) is 39.0 Å². The molecule has 0 radical (unpaired) electrons. The first-order valence-corrected chi connectivity index (χ1v) is 15.7. The number of hydrogen-bond donors (Lipinski definition) is 2. The van der Waals surface area contributed by atoms with Crippen molar-refractivity contribution in [3.8, 4) is 16.9 Å². The van der Waals surface area contributed by atoms with Gasteiger partial charge >= 0.3 is 0 Å². The van der Waals surface area contributed by atoms with Crippen molar-refractivity contribution in [1.29, 1.82) is 0 Å². The molecule has 3 aliphatic rings. The lowest BCUT2D eigenvalue weighted by Gasteiger charge is -2.42. The molecule has 3 N–H and O–H groups in total. The van der Waals surface area contributed by atoms with E-state index in [-0.39, 0.29) is 0 Å². The zero-order valence-corrected chi connectivity index (χ0v) is 25.8. The standard InChI is InChI=1S/C32H47N9O/c1-5-26-32(35-23-8-12-38(2)13-9-23)37-29-25(21-34-31(33)30(29)36-26)22-6-7-27(28(20-22)42-4)41-14-10-24(11-15-41)40-18-16-39(3)17-19-40/h6-7,20-21,23-24H,5,8-19H2,1-4H3,(H2,33,34)(H,35,37). The molecule has 0 spiro atoms. The average Bonchev–Trinajstić information content (AvgIpc) is 3.02. The van der Waals surface area contributed by atoms with Crippen molar-refractivity contribution in [3.63, 3.8) is 0 Å². The smallest absolute Gasteiger partial charge is 0.151 e. The summed E-state index contributed by atoms with van der Waals surface area (Å²) in [7, 11) is 6.16. The molecule has 5 heterocycles. The largest absolute Gasteiger partial charge is 0.495 e. The number of nitrogens with one attached hydrogen (secondary N) is 1. The summed E-state index contributed by atoms with van der Waals surface area (Å²) in [5, 5.41) is 3.72. The second-order valence-corrected chi connectivity index (χ2v) is 12.3. The van der Waals surface area contributed by atoms with E-state index in [2.05, 4.69) is 69.1 Å². The van der Waals surface area contributed by atoms with Gasteiger partial charge in [-0.05, 0) is 77.0 Å². The van der Waals surface area contributed by atoms with Crippen LogP contribution in [0.2, 0.25) is 0 Å². The van der Waals surface area contributed by atoms with E-state index in [0.717, 1.165) is 85.0 Å². The summed E-state index contributed by atoms with van der Waals surface area (Å²) in [5.41, 5.74) is 11.8. The number of methoxy groups -OCH3 is 1. The van der Waals surface area contributed by atoms with Crippen LogP contribution in [0.3, 0.4) is 0 Å². The molecule has 3 aromatic rings. The fourth-order valence-corrected chi connectivity index (χ4v) is 6.78. The number of piperazine rings is 1. The molecule has 3 saturated heterocycles. The van der Waals surface area contributed by atoms with E-state index in [0.29, 0.717) is 23.4 Å². The van der Waals surface area contributed by atoms with Crippen LogP contribution >= 0.6 is 0 Å². The van der Waals surface area contributed by atoms with Gasteiger partial charge in [0, 0.05) is 63.1 Å². The normalized spacial score (nSPS) is 20.3. The molecule has 6 rings (SSSR count). The van der Waals surface area contributed by atoms with Crippen molar-refractivity contribution in [2.24, 2.45) is 0 Å². The number of fused-ring (bicyclic) bond motifs is 1. The van der Waals surface area contributed by atoms with Crippen LogP contribution in [0.5, 0.6) is 5.75 Å². The number of pyridine rings is 1. The molecule has 0 bridgehead atoms. The SMILES string of the molecule is CCc1nc2c(N)ncc(-c3ccc(N4CCC(N5CCN(C)CC5)CC4)c(OC)c3)c2nc1NC1CCN(C)CC1. The number of benzene rings is 1. The van der Waals surface area contributed by atoms with Gasteiger partial charge in [-0.15, -0.1) is 0 Å². The van der Waals surface area contributed by atoms with Crippen molar-refractivity contribution < 1.29 is 4.74 Å². The minimum absolute atomic E-state index is 0.389. The molecular formula is C32H47N9O. The highest BCUT2D eigenvalue weighted by Gasteiger charge is 2.28. The van der Waals surface area contributed by atoms with Crippen molar-refractivity contribution in [3.05, 3.63) is 30.1 Å². The van der Waals surface area contributed by atoms with Crippen LogP contribution in [0.15, 0.2) is 24.4 Å². The molecule has 0 saturated carbocycles. The second-order valence-electron chi connectivity index (χ2n) is 12.3. The number of rotatable bonds is 7. The highest BCUT2D eigenvalue weighted by molar-refractivity contribution is 5.97. The third kappa shape index (κ3) is 5.98. The average molecular weight is 574 g/mol. The number of aryl methyl sites for hydroxylation is 1. The van der Waals surface area contributed by atoms with Gasteiger partial charge in [-0.3, -0.25) is 4.90 Å². The lowest BCUT2D eigenvalue weighted by molar-refractivity contribution is 0.0981. The first kappa shape index (κ1) is 28.9. The first-order valence-electron chi connectivity index (χ1n) is 15.7. The number of likely N-dealkylation sites (tertiary alicyclic amines) is 1. The van der Waals surface area contributed by atoms with E-state index in [1.807, 2.05) is 6.20 Å². The van der Waals surface area contributed by atoms with Crippen LogP contribution in [0, 0.1) is 0 Å². The zero-order chi connectivity index (χ0) is 29.2. The van der Waals surface area contributed by atoms with E-state index in [9.17, 15) is 0 Å². The predicted molar refractivity (Wildman–Crippen MR) is 172 cm³/mol. The van der Waals surface area contributed by atoms with Gasteiger partial charge in [0.25, 0.3) is 0 Å². The van der Waals surface area contributed by atoms with Gasteiger partial charge in [0.15, 0.2) is 5.82 Å². The summed E-state index contributed by atoms with van der Waals surface area (Å²) in [6, 6.07) is 7.54. The Hall–Kier alpha value is -3.21. The lowest BCUT2D eigenvalue weighted by atomic mass is 10.00. The summed E-state index contributed by atoms with van der Waals surface area (Å²) in [6.07, 6.45) is 7.15. The molecule has 3 aliphatic heterocycles. The van der Waals surface area contributed by atoms with E-state index >= 15 is 0 Å². The van der Waals surface area contributed by atoms with E-state index in [1.54, 1.807) is 7.11 Å². The molecule has 0 aliphatic carbocycles. The maximum Gasteiger partial charge on any atom is 0.151 e. The summed E-state index contributed by atoms with van der Waals surface area (Å²) >= 11 is 0. The molecule has 42 heavy (non-hydrogen) atoms. The highest BCUT2D eigenvalue weighted by Crippen LogP contribution is 2.38. The second kappa shape index (κ2) is 12.6. The fraction of sp³-hybridized carbons (Fsp3) is 0.594. The Labute approximate surface area is 250 Å². The van der Waals surface area contributed by atoms with Crippen LogP contribution in [0.4, 0.5) is 17.3 Å². The van der Waals surface area contributed by atoms with E-state index < -0.39 is 0 Å². The molecule has 0 unspecified atom stereocenters. The maximum atomic E-state index is 6.35. The number of piperidine rings is 2. The molecule has 0 atom stereocenters. The number of nitrogen functional groups attached to an aromatic ring is 1. The molecule has 10 heteroatoms. The lowest BCUT2D eigenvalue weighted by Crippen LogP contribution is -2.52. The topological polar surface area (TPSA) is 98.9 Å². The number of ether oxygens (including phenoxy) is 1. The number of aromatic nitrogens is 3. The quantitative estimate of drug-likeness (QED) is 0.437. The number of nitrogens with two attached hydrogens (primary N) is 1. The van der Waals surface area contributed by atoms with Gasteiger partial charge in [-0.25, -0.2) is 15.0 Å². The summed E-state index contributed by atoms with van der Waals surface area (Å²) in [5.74, 6) is 2.14. The Morgan fingerprint density at radius 1 is 0.905 bits per heavy atom. The maximum absolute atomic E-state index is 6.35. The van der Waals surface area contributed by atoms with Gasteiger partial charge in [0.1, 0.15) is 22.6 Å². The van der Waals surface area contributed by atoms with Gasteiger partial charge < -0.3 is 30.5 Å². The Bertz CT molecular complexity index is 1370. The van der Waals surface area contributed by atoms with Crippen molar-refractivity contribution in [2.45, 2.75) is 51.1 Å². The summed E-state index contributed by atoms with van der Waals surface area (Å²) < 4.78 is 5.97. The minimum Gasteiger partial charge on any atom is -0.495 e. The van der Waals surface area contributed by atoms with Gasteiger partial charge in [-0.1, -0.05) is 13.0 Å². The third-order valence-corrected chi connectivity index (χ3v) is 9.54. The Balaban J connectivity index is 1.26. The zero-order valence-electron chi connectivity index (χ0n) is 25.8. The third-order valence-electron chi connectivity index (χ3n) is 9.54.